The molecule has 1 aliphatic heterocycles. The highest BCUT2D eigenvalue weighted by Crippen LogP contribution is 2.26. The lowest BCUT2D eigenvalue weighted by Crippen LogP contribution is -2.49. The molecule has 3 rings (SSSR count). The van der Waals surface area contributed by atoms with Crippen molar-refractivity contribution >= 4 is 6.03 Å². The predicted octanol–water partition coefficient (Wildman–Crippen LogP) is 2.61. The maximum atomic E-state index is 12.5. The van der Waals surface area contributed by atoms with Gasteiger partial charge in [0.15, 0.2) is 0 Å². The number of carbonyl (C=O) groups is 1. The van der Waals surface area contributed by atoms with Crippen molar-refractivity contribution in [2.45, 2.75) is 64.6 Å². The van der Waals surface area contributed by atoms with Gasteiger partial charge in [0, 0.05) is 12.6 Å². The third kappa shape index (κ3) is 2.53. The highest BCUT2D eigenvalue weighted by molar-refractivity contribution is 5.75. The minimum atomic E-state index is 0.0921. The first-order valence-electron chi connectivity index (χ1n) is 7.76. The topological polar surface area (TPSA) is 50.2 Å². The van der Waals surface area contributed by atoms with Crippen LogP contribution < -0.4 is 5.32 Å². The van der Waals surface area contributed by atoms with Crippen LogP contribution in [0.3, 0.4) is 0 Å². The Bertz CT molecular complexity index is 490. The van der Waals surface area contributed by atoms with Gasteiger partial charge in [0.05, 0.1) is 24.0 Å². The molecule has 5 heteroatoms. The van der Waals surface area contributed by atoms with Gasteiger partial charge in [0.25, 0.3) is 0 Å². The van der Waals surface area contributed by atoms with Crippen molar-refractivity contribution < 1.29 is 4.79 Å². The van der Waals surface area contributed by atoms with Crippen molar-refractivity contribution in [1.82, 2.24) is 20.0 Å². The summed E-state index contributed by atoms with van der Waals surface area (Å²) in [6.45, 7) is 5.64. The van der Waals surface area contributed by atoms with Gasteiger partial charge < -0.3 is 10.2 Å². The van der Waals surface area contributed by atoms with E-state index in [1.165, 1.54) is 19.3 Å². The number of rotatable bonds is 1. The molecule has 1 aromatic heterocycles. The second kappa shape index (κ2) is 5.46. The number of aryl methyl sites for hydroxylation is 1. The Kier molecular flexibility index (Phi) is 3.68. The number of urea groups is 1. The average Bonchev–Trinajstić information content (AvgIpc) is 2.82. The van der Waals surface area contributed by atoms with Crippen LogP contribution in [-0.2, 0) is 6.54 Å². The van der Waals surface area contributed by atoms with Gasteiger partial charge in [-0.3, -0.25) is 4.68 Å². The van der Waals surface area contributed by atoms with E-state index in [9.17, 15) is 4.79 Å². The summed E-state index contributed by atoms with van der Waals surface area (Å²) >= 11 is 0. The SMILES string of the molecule is Cc1cc2n(n1)CCN(C(=O)NC1CCCCC1)C2C. The summed E-state index contributed by atoms with van der Waals surface area (Å²) < 4.78 is 2.03. The van der Waals surface area contributed by atoms with Crippen LogP contribution in [0.1, 0.15) is 56.5 Å². The van der Waals surface area contributed by atoms with E-state index in [2.05, 4.69) is 23.4 Å². The molecular weight excluding hydrogens is 252 g/mol. The molecule has 1 unspecified atom stereocenters. The number of amides is 2. The summed E-state index contributed by atoms with van der Waals surface area (Å²) in [6.07, 6.45) is 6.06. The maximum absolute atomic E-state index is 12.5. The number of carbonyl (C=O) groups excluding carboxylic acids is 1. The van der Waals surface area contributed by atoms with Crippen LogP contribution in [-0.4, -0.2) is 33.3 Å². The first kappa shape index (κ1) is 13.5. The van der Waals surface area contributed by atoms with Crippen LogP contribution in [0.15, 0.2) is 6.07 Å². The fraction of sp³-hybridized carbons (Fsp3) is 0.733. The Balaban J connectivity index is 1.66. The lowest BCUT2D eigenvalue weighted by atomic mass is 9.96. The summed E-state index contributed by atoms with van der Waals surface area (Å²) in [4.78, 5) is 14.4. The van der Waals surface area contributed by atoms with E-state index in [0.29, 0.717) is 6.04 Å². The smallest absolute Gasteiger partial charge is 0.318 e. The Morgan fingerprint density at radius 3 is 2.80 bits per heavy atom. The maximum Gasteiger partial charge on any atom is 0.318 e. The van der Waals surface area contributed by atoms with Gasteiger partial charge in [-0.25, -0.2) is 4.79 Å². The number of hydrogen-bond acceptors (Lipinski definition) is 2. The number of fused-ring (bicyclic) bond motifs is 1. The van der Waals surface area contributed by atoms with Crippen LogP contribution >= 0.6 is 0 Å². The molecule has 110 valence electrons. The predicted molar refractivity (Wildman–Crippen MR) is 77.5 cm³/mol. The number of hydrogen-bond donors (Lipinski definition) is 1. The van der Waals surface area contributed by atoms with E-state index in [1.807, 2.05) is 16.5 Å². The summed E-state index contributed by atoms with van der Waals surface area (Å²) in [5.74, 6) is 0. The van der Waals surface area contributed by atoms with Crippen molar-refractivity contribution in [2.75, 3.05) is 6.54 Å². The Morgan fingerprint density at radius 2 is 2.05 bits per heavy atom. The molecule has 20 heavy (non-hydrogen) atoms. The van der Waals surface area contributed by atoms with Crippen molar-refractivity contribution in [2.24, 2.45) is 0 Å². The van der Waals surface area contributed by atoms with Gasteiger partial charge in [0.2, 0.25) is 0 Å². The van der Waals surface area contributed by atoms with Crippen LogP contribution in [0.2, 0.25) is 0 Å². The normalized spacial score (nSPS) is 23.5. The molecule has 1 aliphatic carbocycles. The molecule has 1 aromatic rings. The van der Waals surface area contributed by atoms with Crippen LogP contribution in [0, 0.1) is 6.92 Å². The average molecular weight is 276 g/mol. The van der Waals surface area contributed by atoms with Crippen LogP contribution in [0.25, 0.3) is 0 Å². The second-order valence-electron chi connectivity index (χ2n) is 6.09. The minimum Gasteiger partial charge on any atom is -0.335 e. The van der Waals surface area contributed by atoms with Gasteiger partial charge in [-0.2, -0.15) is 5.10 Å². The molecule has 0 radical (unpaired) electrons. The molecule has 1 N–H and O–H groups in total. The molecule has 5 nitrogen and oxygen atoms in total. The van der Waals surface area contributed by atoms with E-state index < -0.39 is 0 Å². The van der Waals surface area contributed by atoms with E-state index in [4.69, 9.17) is 0 Å². The molecule has 2 amide bonds. The number of aromatic nitrogens is 2. The first-order chi connectivity index (χ1) is 9.65. The quantitative estimate of drug-likeness (QED) is 0.857. The number of nitrogens with zero attached hydrogens (tertiary/aromatic N) is 3. The highest BCUT2D eigenvalue weighted by atomic mass is 16.2. The van der Waals surface area contributed by atoms with E-state index in [-0.39, 0.29) is 12.1 Å². The second-order valence-corrected chi connectivity index (χ2v) is 6.09. The molecule has 0 spiro atoms. The van der Waals surface area contributed by atoms with Crippen molar-refractivity contribution in [3.63, 3.8) is 0 Å². The first-order valence-corrected chi connectivity index (χ1v) is 7.76. The monoisotopic (exact) mass is 276 g/mol. The zero-order valence-electron chi connectivity index (χ0n) is 12.4. The van der Waals surface area contributed by atoms with Crippen molar-refractivity contribution in [1.29, 1.82) is 0 Å². The van der Waals surface area contributed by atoms with Crippen molar-refractivity contribution in [3.05, 3.63) is 17.5 Å². The van der Waals surface area contributed by atoms with E-state index >= 15 is 0 Å². The summed E-state index contributed by atoms with van der Waals surface area (Å²) in [6, 6.07) is 2.66. The Hall–Kier alpha value is -1.52. The summed E-state index contributed by atoms with van der Waals surface area (Å²) in [5, 5.41) is 7.68. The lowest BCUT2D eigenvalue weighted by Gasteiger charge is -2.35. The molecular formula is C15H24N4O. The number of nitrogens with one attached hydrogen (secondary N) is 1. The zero-order valence-corrected chi connectivity index (χ0v) is 12.4. The summed E-state index contributed by atoms with van der Waals surface area (Å²) in [7, 11) is 0. The molecule has 2 heterocycles. The fourth-order valence-corrected chi connectivity index (χ4v) is 3.42. The molecule has 1 fully saturated rings. The van der Waals surface area contributed by atoms with Crippen molar-refractivity contribution in [3.8, 4) is 0 Å². The summed E-state index contributed by atoms with van der Waals surface area (Å²) in [5.41, 5.74) is 2.17. The molecule has 1 atom stereocenters. The van der Waals surface area contributed by atoms with Gasteiger partial charge in [-0.1, -0.05) is 19.3 Å². The third-order valence-electron chi connectivity index (χ3n) is 4.58. The molecule has 0 aromatic carbocycles. The van der Waals surface area contributed by atoms with Gasteiger partial charge in [0.1, 0.15) is 0 Å². The van der Waals surface area contributed by atoms with Gasteiger partial charge >= 0.3 is 6.03 Å². The van der Waals surface area contributed by atoms with Gasteiger partial charge in [-0.15, -0.1) is 0 Å². The van der Waals surface area contributed by atoms with Crippen LogP contribution in [0.5, 0.6) is 0 Å². The Morgan fingerprint density at radius 1 is 1.30 bits per heavy atom. The van der Waals surface area contributed by atoms with E-state index in [1.54, 1.807) is 0 Å². The van der Waals surface area contributed by atoms with Crippen LogP contribution in [0.4, 0.5) is 4.79 Å². The third-order valence-corrected chi connectivity index (χ3v) is 4.58. The molecule has 1 saturated carbocycles. The minimum absolute atomic E-state index is 0.0921. The Labute approximate surface area is 120 Å². The molecule has 2 aliphatic rings. The van der Waals surface area contributed by atoms with Gasteiger partial charge in [-0.05, 0) is 32.8 Å². The van der Waals surface area contributed by atoms with E-state index in [0.717, 1.165) is 37.3 Å². The molecule has 0 bridgehead atoms. The fourth-order valence-electron chi connectivity index (χ4n) is 3.42. The zero-order chi connectivity index (χ0) is 14.1. The lowest BCUT2D eigenvalue weighted by molar-refractivity contribution is 0.153. The largest absolute Gasteiger partial charge is 0.335 e. The molecule has 0 saturated heterocycles. The highest BCUT2D eigenvalue weighted by Gasteiger charge is 2.30. The standard InChI is InChI=1S/C15H24N4O/c1-11-10-14-12(2)18(8-9-19(14)17-11)15(20)16-13-6-4-3-5-7-13/h10,12-13H,3-9H2,1-2H3,(H,16,20).